The van der Waals surface area contributed by atoms with Crippen molar-refractivity contribution in [1.82, 2.24) is 5.32 Å². The maximum Gasteiger partial charge on any atom is 0.325 e. The van der Waals surface area contributed by atoms with Gasteiger partial charge >= 0.3 is 5.97 Å². The van der Waals surface area contributed by atoms with Gasteiger partial charge in [-0.3, -0.25) is 9.59 Å². The average Bonchev–Trinajstić information content (AvgIpc) is 2.45. The van der Waals surface area contributed by atoms with Crippen molar-refractivity contribution < 1.29 is 19.1 Å². The second-order valence-corrected chi connectivity index (χ2v) is 3.99. The number of ether oxygens (including phenoxy) is 2. The molecule has 0 atom stereocenters. The Hall–Kier alpha value is -2.04. The molecule has 0 aliphatic carbocycles. The maximum absolute atomic E-state index is 11.7. The summed E-state index contributed by atoms with van der Waals surface area (Å²) in [6, 6.07) is 6.65. The van der Waals surface area contributed by atoms with Crippen molar-refractivity contribution in [2.45, 2.75) is 19.8 Å². The Morgan fingerprint density at radius 3 is 2.47 bits per heavy atom. The Balaban J connectivity index is 2.35. The highest BCUT2D eigenvalue weighted by Crippen LogP contribution is 2.10. The van der Waals surface area contributed by atoms with Gasteiger partial charge in [0.1, 0.15) is 12.3 Å². The number of carbonyl (C=O) groups is 2. The molecule has 1 amide bonds. The van der Waals surface area contributed by atoms with Gasteiger partial charge in [-0.05, 0) is 30.7 Å². The highest BCUT2D eigenvalue weighted by Gasteiger charge is 2.08. The second kappa shape index (κ2) is 8.13. The number of unbranched alkanes of at least 4 members (excludes halogenated alkanes) is 1. The molecule has 0 aliphatic rings. The van der Waals surface area contributed by atoms with Crippen LogP contribution in [-0.4, -0.2) is 32.1 Å². The van der Waals surface area contributed by atoms with E-state index < -0.39 is 5.97 Å². The Labute approximate surface area is 112 Å². The summed E-state index contributed by atoms with van der Waals surface area (Å²) >= 11 is 0. The number of methoxy groups -OCH3 is 1. The molecule has 0 aromatic heterocycles. The predicted octanol–water partition coefficient (Wildman–Crippen LogP) is 1.77. The fraction of sp³-hybridized carbons (Fsp3) is 0.429. The zero-order chi connectivity index (χ0) is 14.1. The van der Waals surface area contributed by atoms with Crippen molar-refractivity contribution in [3.05, 3.63) is 29.8 Å². The predicted molar refractivity (Wildman–Crippen MR) is 71.2 cm³/mol. The summed E-state index contributed by atoms with van der Waals surface area (Å²) in [6.07, 6.45) is 1.80. The van der Waals surface area contributed by atoms with E-state index in [1.807, 2.05) is 6.92 Å². The minimum Gasteiger partial charge on any atom is -0.497 e. The summed E-state index contributed by atoms with van der Waals surface area (Å²) in [7, 11) is 1.56. The molecule has 0 bridgehead atoms. The van der Waals surface area contributed by atoms with Crippen molar-refractivity contribution in [2.75, 3.05) is 20.3 Å². The van der Waals surface area contributed by atoms with Gasteiger partial charge in [0.15, 0.2) is 0 Å². The van der Waals surface area contributed by atoms with Crippen LogP contribution in [0, 0.1) is 0 Å². The lowest BCUT2D eigenvalue weighted by atomic mass is 10.2. The van der Waals surface area contributed by atoms with Crippen LogP contribution >= 0.6 is 0 Å². The first-order valence-electron chi connectivity index (χ1n) is 6.25. The lowest BCUT2D eigenvalue weighted by Gasteiger charge is -2.06. The number of rotatable bonds is 7. The number of nitrogens with one attached hydrogen (secondary N) is 1. The topological polar surface area (TPSA) is 64.6 Å². The van der Waals surface area contributed by atoms with Crippen molar-refractivity contribution in [3.8, 4) is 5.75 Å². The molecule has 5 nitrogen and oxygen atoms in total. The summed E-state index contributed by atoms with van der Waals surface area (Å²) in [5.41, 5.74) is 0.474. The first-order valence-corrected chi connectivity index (χ1v) is 6.25. The third kappa shape index (κ3) is 5.42. The van der Waals surface area contributed by atoms with Gasteiger partial charge in [0.05, 0.1) is 13.7 Å². The third-order valence-corrected chi connectivity index (χ3v) is 2.51. The largest absolute Gasteiger partial charge is 0.497 e. The van der Waals surface area contributed by atoms with Crippen LogP contribution < -0.4 is 10.1 Å². The number of esters is 1. The van der Waals surface area contributed by atoms with E-state index in [1.54, 1.807) is 31.4 Å². The molecule has 0 aliphatic heterocycles. The molecule has 19 heavy (non-hydrogen) atoms. The number of carbonyl (C=O) groups excluding carboxylic acids is 2. The second-order valence-electron chi connectivity index (χ2n) is 3.99. The monoisotopic (exact) mass is 265 g/mol. The van der Waals surface area contributed by atoms with E-state index >= 15 is 0 Å². The Kier molecular flexibility index (Phi) is 6.43. The smallest absolute Gasteiger partial charge is 0.325 e. The summed E-state index contributed by atoms with van der Waals surface area (Å²) in [4.78, 5) is 23.0. The SMILES string of the molecule is CCCCOC(=O)CNC(=O)c1ccc(OC)cc1. The summed E-state index contributed by atoms with van der Waals surface area (Å²) in [6.45, 7) is 2.29. The van der Waals surface area contributed by atoms with Gasteiger partial charge in [-0.1, -0.05) is 13.3 Å². The van der Waals surface area contributed by atoms with Crippen LogP contribution in [-0.2, 0) is 9.53 Å². The molecule has 0 spiro atoms. The molecule has 0 saturated heterocycles. The Morgan fingerprint density at radius 1 is 1.21 bits per heavy atom. The molecule has 0 heterocycles. The van der Waals surface area contributed by atoms with E-state index in [1.165, 1.54) is 0 Å². The van der Waals surface area contributed by atoms with Crippen molar-refractivity contribution in [1.29, 1.82) is 0 Å². The number of hydrogen-bond acceptors (Lipinski definition) is 4. The van der Waals surface area contributed by atoms with E-state index in [4.69, 9.17) is 9.47 Å². The molecule has 0 radical (unpaired) electrons. The molecule has 0 fully saturated rings. The minimum absolute atomic E-state index is 0.116. The molecular weight excluding hydrogens is 246 g/mol. The highest BCUT2D eigenvalue weighted by atomic mass is 16.5. The van der Waals surface area contributed by atoms with Gasteiger partial charge < -0.3 is 14.8 Å². The van der Waals surface area contributed by atoms with Crippen molar-refractivity contribution in [2.24, 2.45) is 0 Å². The standard InChI is InChI=1S/C14H19NO4/c1-3-4-9-19-13(16)10-15-14(17)11-5-7-12(18-2)8-6-11/h5-8H,3-4,9-10H2,1-2H3,(H,15,17). The molecule has 0 unspecified atom stereocenters. The van der Waals surface area contributed by atoms with Crippen LogP contribution in [0.4, 0.5) is 0 Å². The van der Waals surface area contributed by atoms with Gasteiger partial charge in [-0.2, -0.15) is 0 Å². The van der Waals surface area contributed by atoms with Gasteiger partial charge in [0.25, 0.3) is 5.91 Å². The van der Waals surface area contributed by atoms with E-state index in [9.17, 15) is 9.59 Å². The van der Waals surface area contributed by atoms with Crippen LogP contribution in [0.5, 0.6) is 5.75 Å². The van der Waals surface area contributed by atoms with Gasteiger partial charge in [-0.25, -0.2) is 0 Å². The van der Waals surface area contributed by atoms with E-state index in [2.05, 4.69) is 5.32 Å². The maximum atomic E-state index is 11.7. The highest BCUT2D eigenvalue weighted by molar-refractivity contribution is 5.95. The van der Waals surface area contributed by atoms with Gasteiger partial charge in [0, 0.05) is 5.56 Å². The van der Waals surface area contributed by atoms with Crippen LogP contribution in [0.15, 0.2) is 24.3 Å². The van der Waals surface area contributed by atoms with E-state index in [0.29, 0.717) is 17.9 Å². The zero-order valence-corrected chi connectivity index (χ0v) is 11.3. The normalized spacial score (nSPS) is 9.79. The van der Waals surface area contributed by atoms with E-state index in [-0.39, 0.29) is 12.5 Å². The van der Waals surface area contributed by atoms with E-state index in [0.717, 1.165) is 12.8 Å². The molecule has 1 N–H and O–H groups in total. The van der Waals surface area contributed by atoms with Gasteiger partial charge in [-0.15, -0.1) is 0 Å². The molecule has 0 saturated carbocycles. The first kappa shape index (κ1) is 15.0. The molecular formula is C14H19NO4. The summed E-state index contributed by atoms with van der Waals surface area (Å²) in [5, 5.41) is 2.51. The molecule has 1 rings (SSSR count). The van der Waals surface area contributed by atoms with Crippen molar-refractivity contribution >= 4 is 11.9 Å². The van der Waals surface area contributed by atoms with Gasteiger partial charge in [0.2, 0.25) is 0 Å². The summed E-state index contributed by atoms with van der Waals surface area (Å²) < 4.78 is 9.93. The number of amides is 1. The fourth-order valence-corrected chi connectivity index (χ4v) is 1.38. The number of hydrogen-bond donors (Lipinski definition) is 1. The molecule has 104 valence electrons. The first-order chi connectivity index (χ1) is 9.17. The van der Waals surface area contributed by atoms with Crippen LogP contribution in [0.2, 0.25) is 0 Å². The lowest BCUT2D eigenvalue weighted by molar-refractivity contribution is -0.142. The van der Waals surface area contributed by atoms with Crippen LogP contribution in [0.1, 0.15) is 30.1 Å². The van der Waals surface area contributed by atoms with Crippen LogP contribution in [0.25, 0.3) is 0 Å². The zero-order valence-electron chi connectivity index (χ0n) is 11.3. The van der Waals surface area contributed by atoms with Crippen molar-refractivity contribution in [3.63, 3.8) is 0 Å². The number of benzene rings is 1. The quantitative estimate of drug-likeness (QED) is 0.603. The molecule has 5 heteroatoms. The third-order valence-electron chi connectivity index (χ3n) is 2.51. The Bertz CT molecular complexity index is 414. The Morgan fingerprint density at radius 2 is 1.89 bits per heavy atom. The fourth-order valence-electron chi connectivity index (χ4n) is 1.38. The minimum atomic E-state index is -0.421. The van der Waals surface area contributed by atoms with Crippen LogP contribution in [0.3, 0.4) is 0 Å². The molecule has 1 aromatic rings. The average molecular weight is 265 g/mol. The molecule has 1 aromatic carbocycles. The summed E-state index contributed by atoms with van der Waals surface area (Å²) in [5.74, 6) is -0.0547. The lowest BCUT2D eigenvalue weighted by Crippen LogP contribution is -2.30.